The molecule has 0 unspecified atom stereocenters. The van der Waals surface area contributed by atoms with Gasteiger partial charge in [-0.25, -0.2) is 14.5 Å². The van der Waals surface area contributed by atoms with E-state index in [2.05, 4.69) is 21.1 Å². The Morgan fingerprint density at radius 1 is 1.52 bits per heavy atom. The molecule has 4 amide bonds. The van der Waals surface area contributed by atoms with Gasteiger partial charge in [0.2, 0.25) is 0 Å². The Hall–Kier alpha value is -2.35. The number of nitrogens with zero attached hydrogens (tertiary/aromatic N) is 3. The fourth-order valence-electron chi connectivity index (χ4n) is 2.72. The van der Waals surface area contributed by atoms with Crippen LogP contribution in [0.25, 0.3) is 0 Å². The lowest BCUT2D eigenvalue weighted by Gasteiger charge is -2.21. The van der Waals surface area contributed by atoms with Crippen molar-refractivity contribution in [3.05, 3.63) is 39.8 Å². The smallest absolute Gasteiger partial charge is 0.325 e. The number of thiophene rings is 1. The number of carbonyl (C=O) groups excluding carboxylic acids is 2. The minimum atomic E-state index is -0.373. The zero-order valence-electron chi connectivity index (χ0n) is 13.1. The van der Waals surface area contributed by atoms with E-state index in [4.69, 9.17) is 0 Å². The molecule has 3 rings (SSSR count). The van der Waals surface area contributed by atoms with E-state index in [0.717, 1.165) is 17.0 Å². The lowest BCUT2D eigenvalue weighted by Crippen LogP contribution is -2.44. The van der Waals surface area contributed by atoms with Crippen LogP contribution in [0, 0.1) is 13.8 Å². The predicted octanol–water partition coefficient (Wildman–Crippen LogP) is 1.89. The Morgan fingerprint density at radius 3 is 2.91 bits per heavy atom. The lowest BCUT2D eigenvalue weighted by molar-refractivity contribution is 0.198. The van der Waals surface area contributed by atoms with Gasteiger partial charge in [0.25, 0.3) is 0 Å². The second kappa shape index (κ2) is 6.41. The van der Waals surface area contributed by atoms with Crippen LogP contribution < -0.4 is 10.6 Å². The first kappa shape index (κ1) is 15.5. The number of carbonyl (C=O) groups is 2. The number of nitrogens with one attached hydrogen (secondary N) is 2. The normalized spacial score (nSPS) is 15.6. The lowest BCUT2D eigenvalue weighted by atomic mass is 10.1. The molecule has 0 radical (unpaired) electrons. The molecule has 1 aliphatic rings. The molecule has 2 aromatic heterocycles. The molecule has 23 heavy (non-hydrogen) atoms. The maximum absolute atomic E-state index is 12.2. The Labute approximate surface area is 138 Å². The zero-order valence-corrected chi connectivity index (χ0v) is 13.9. The first-order valence-electron chi connectivity index (χ1n) is 7.44. The van der Waals surface area contributed by atoms with Gasteiger partial charge in [0.15, 0.2) is 0 Å². The number of rotatable bonds is 4. The van der Waals surface area contributed by atoms with Gasteiger partial charge in [0.1, 0.15) is 0 Å². The Balaban J connectivity index is 1.76. The van der Waals surface area contributed by atoms with Crippen LogP contribution in [-0.4, -0.2) is 46.4 Å². The van der Waals surface area contributed by atoms with Crippen molar-refractivity contribution >= 4 is 23.4 Å². The van der Waals surface area contributed by atoms with E-state index >= 15 is 0 Å². The topological polar surface area (TPSA) is 79.3 Å². The largest absolute Gasteiger partial charge is 0.336 e. The van der Waals surface area contributed by atoms with Crippen LogP contribution in [0.2, 0.25) is 0 Å². The summed E-state index contributed by atoms with van der Waals surface area (Å²) in [6.07, 6.45) is 0. The standard InChI is InChI=1S/C15H19N5O2S/c1-10-7-11(2)20(18-10)13(12-3-6-23-9-12)8-17-15(22)19-5-4-16-14(19)21/h3,6-7,9,13H,4-5,8H2,1-2H3,(H,16,21)(H,17,22)/t13-/m1/s1. The van der Waals surface area contributed by atoms with E-state index in [-0.39, 0.29) is 18.1 Å². The van der Waals surface area contributed by atoms with Crippen LogP contribution in [0.15, 0.2) is 22.9 Å². The number of hydrogen-bond donors (Lipinski definition) is 2. The van der Waals surface area contributed by atoms with E-state index in [0.29, 0.717) is 19.6 Å². The van der Waals surface area contributed by atoms with Crippen LogP contribution in [0.4, 0.5) is 9.59 Å². The number of aryl methyl sites for hydroxylation is 2. The Kier molecular flexibility index (Phi) is 4.33. The van der Waals surface area contributed by atoms with Crippen LogP contribution in [0.1, 0.15) is 23.0 Å². The molecule has 8 heteroatoms. The average molecular weight is 333 g/mol. The number of imide groups is 1. The number of hydrogen-bond acceptors (Lipinski definition) is 4. The van der Waals surface area contributed by atoms with Crippen molar-refractivity contribution in [2.45, 2.75) is 19.9 Å². The third kappa shape index (κ3) is 3.21. The van der Waals surface area contributed by atoms with Crippen molar-refractivity contribution in [3.8, 4) is 0 Å². The second-order valence-electron chi connectivity index (χ2n) is 5.51. The summed E-state index contributed by atoms with van der Waals surface area (Å²) in [7, 11) is 0. The van der Waals surface area contributed by atoms with Crippen LogP contribution >= 0.6 is 11.3 Å². The van der Waals surface area contributed by atoms with Gasteiger partial charge in [-0.3, -0.25) is 4.68 Å². The van der Waals surface area contributed by atoms with Crippen molar-refractivity contribution in [1.82, 2.24) is 25.3 Å². The highest BCUT2D eigenvalue weighted by atomic mass is 32.1. The van der Waals surface area contributed by atoms with Crippen molar-refractivity contribution < 1.29 is 9.59 Å². The van der Waals surface area contributed by atoms with Gasteiger partial charge in [-0.2, -0.15) is 16.4 Å². The molecule has 0 aliphatic carbocycles. The highest BCUT2D eigenvalue weighted by molar-refractivity contribution is 7.07. The van der Waals surface area contributed by atoms with Gasteiger partial charge in [0.05, 0.1) is 11.7 Å². The summed E-state index contributed by atoms with van der Waals surface area (Å²) in [5, 5.41) is 14.1. The van der Waals surface area contributed by atoms with Gasteiger partial charge >= 0.3 is 12.1 Å². The molecule has 0 saturated carbocycles. The van der Waals surface area contributed by atoms with E-state index < -0.39 is 0 Å². The number of amides is 4. The molecule has 0 spiro atoms. The fourth-order valence-corrected chi connectivity index (χ4v) is 3.42. The maximum Gasteiger partial charge on any atom is 0.325 e. The first-order valence-corrected chi connectivity index (χ1v) is 8.38. The van der Waals surface area contributed by atoms with Crippen molar-refractivity contribution in [2.24, 2.45) is 0 Å². The van der Waals surface area contributed by atoms with Crippen LogP contribution in [0.5, 0.6) is 0 Å². The van der Waals surface area contributed by atoms with Crippen molar-refractivity contribution in [3.63, 3.8) is 0 Å². The average Bonchev–Trinajstić information content (AvgIpc) is 3.22. The van der Waals surface area contributed by atoms with Crippen LogP contribution in [-0.2, 0) is 0 Å². The summed E-state index contributed by atoms with van der Waals surface area (Å²) >= 11 is 1.61. The molecule has 0 bridgehead atoms. The SMILES string of the molecule is Cc1cc(C)n([C@H](CNC(=O)N2CCNC2=O)c2ccsc2)n1. The monoisotopic (exact) mass is 333 g/mol. The molecule has 122 valence electrons. The van der Waals surface area contributed by atoms with E-state index in [1.165, 1.54) is 4.90 Å². The minimum Gasteiger partial charge on any atom is -0.336 e. The van der Waals surface area contributed by atoms with Gasteiger partial charge in [-0.05, 0) is 42.3 Å². The molecular weight excluding hydrogens is 314 g/mol. The maximum atomic E-state index is 12.2. The molecule has 1 fully saturated rings. The first-order chi connectivity index (χ1) is 11.1. The molecule has 3 heterocycles. The van der Waals surface area contributed by atoms with Crippen molar-refractivity contribution in [1.29, 1.82) is 0 Å². The Morgan fingerprint density at radius 2 is 2.35 bits per heavy atom. The van der Waals surface area contributed by atoms with Gasteiger partial charge in [-0.15, -0.1) is 0 Å². The quantitative estimate of drug-likeness (QED) is 0.897. The second-order valence-corrected chi connectivity index (χ2v) is 6.29. The van der Waals surface area contributed by atoms with E-state index in [1.54, 1.807) is 11.3 Å². The van der Waals surface area contributed by atoms with Gasteiger partial charge < -0.3 is 10.6 Å². The number of aromatic nitrogens is 2. The van der Waals surface area contributed by atoms with E-state index in [1.807, 2.05) is 36.0 Å². The third-order valence-electron chi connectivity index (χ3n) is 3.82. The number of urea groups is 2. The molecule has 1 saturated heterocycles. The minimum absolute atomic E-state index is 0.0930. The summed E-state index contributed by atoms with van der Waals surface area (Å²) in [5.41, 5.74) is 3.06. The van der Waals surface area contributed by atoms with Crippen molar-refractivity contribution in [2.75, 3.05) is 19.6 Å². The highest BCUT2D eigenvalue weighted by Gasteiger charge is 2.27. The molecule has 2 N–H and O–H groups in total. The molecule has 0 aromatic carbocycles. The molecule has 2 aromatic rings. The summed E-state index contributed by atoms with van der Waals surface area (Å²) in [6.45, 7) is 5.21. The summed E-state index contributed by atoms with van der Waals surface area (Å²) < 4.78 is 1.92. The molecule has 7 nitrogen and oxygen atoms in total. The zero-order chi connectivity index (χ0) is 16.4. The highest BCUT2D eigenvalue weighted by Crippen LogP contribution is 2.22. The van der Waals surface area contributed by atoms with Crippen LogP contribution in [0.3, 0.4) is 0 Å². The predicted molar refractivity (Wildman–Crippen MR) is 87.7 cm³/mol. The molecule has 1 aliphatic heterocycles. The molecular formula is C15H19N5O2S. The van der Waals surface area contributed by atoms with E-state index in [9.17, 15) is 9.59 Å². The molecule has 1 atom stereocenters. The van der Waals surface area contributed by atoms with Gasteiger partial charge in [-0.1, -0.05) is 0 Å². The summed E-state index contributed by atoms with van der Waals surface area (Å²) in [5.74, 6) is 0. The summed E-state index contributed by atoms with van der Waals surface area (Å²) in [6, 6.07) is 3.22. The van der Waals surface area contributed by atoms with Gasteiger partial charge in [0, 0.05) is 25.3 Å². The fraction of sp³-hybridized carbons (Fsp3) is 0.400. The third-order valence-corrected chi connectivity index (χ3v) is 4.52. The Bertz CT molecular complexity index is 710. The summed E-state index contributed by atoms with van der Waals surface area (Å²) in [4.78, 5) is 24.9.